The molecule has 2 unspecified atom stereocenters. The second kappa shape index (κ2) is 58.9. The van der Waals surface area contributed by atoms with Crippen LogP contribution in [0.3, 0.4) is 0 Å². The van der Waals surface area contributed by atoms with Gasteiger partial charge in [-0.05, 0) is 63.2 Å². The Morgan fingerprint density at radius 3 is 0.953 bits per heavy atom. The van der Waals surface area contributed by atoms with Gasteiger partial charge in [-0.2, -0.15) is 0 Å². The second-order valence-corrected chi connectivity index (χ2v) is 27.4. The molecule has 0 fully saturated rings. The van der Waals surface area contributed by atoms with E-state index in [0.29, 0.717) is 25.7 Å². The average Bonchev–Trinajstić information content (AvgIpc) is 3.48. The van der Waals surface area contributed by atoms with E-state index < -0.39 is 97.5 Å². The van der Waals surface area contributed by atoms with Crippen molar-refractivity contribution in [1.29, 1.82) is 0 Å². The summed E-state index contributed by atoms with van der Waals surface area (Å²) in [5.41, 5.74) is 0. The van der Waals surface area contributed by atoms with Crippen molar-refractivity contribution >= 4 is 39.5 Å². The molecule has 19 heteroatoms. The number of unbranched alkanes of at least 4 members (excludes halogenated alkanes) is 31. The Labute approximate surface area is 522 Å². The fourth-order valence-corrected chi connectivity index (χ4v) is 11.1. The van der Waals surface area contributed by atoms with Gasteiger partial charge in [0.25, 0.3) is 0 Å². The van der Waals surface area contributed by atoms with Crippen LogP contribution in [0.25, 0.3) is 0 Å². The number of aliphatic hydroxyl groups excluding tert-OH is 1. The van der Waals surface area contributed by atoms with Crippen LogP contribution < -0.4 is 0 Å². The van der Waals surface area contributed by atoms with E-state index in [4.69, 9.17) is 37.0 Å². The molecule has 0 saturated heterocycles. The van der Waals surface area contributed by atoms with Crippen molar-refractivity contribution in [3.8, 4) is 0 Å². The summed E-state index contributed by atoms with van der Waals surface area (Å²) >= 11 is 0. The van der Waals surface area contributed by atoms with Crippen LogP contribution in [0.2, 0.25) is 0 Å². The lowest BCUT2D eigenvalue weighted by Gasteiger charge is -2.21. The molecular weight excluding hydrogens is 1140 g/mol. The molecule has 0 saturated carbocycles. The summed E-state index contributed by atoms with van der Waals surface area (Å²) in [6, 6.07) is 0. The van der Waals surface area contributed by atoms with Gasteiger partial charge < -0.3 is 33.8 Å². The van der Waals surface area contributed by atoms with E-state index in [0.717, 1.165) is 121 Å². The van der Waals surface area contributed by atoms with Gasteiger partial charge in [0.2, 0.25) is 0 Å². The molecule has 0 heterocycles. The molecule has 86 heavy (non-hydrogen) atoms. The van der Waals surface area contributed by atoms with Gasteiger partial charge in [-0.3, -0.25) is 37.3 Å². The highest BCUT2D eigenvalue weighted by atomic mass is 31.2. The zero-order chi connectivity index (χ0) is 63.6. The second-order valence-electron chi connectivity index (χ2n) is 24.5. The lowest BCUT2D eigenvalue weighted by molar-refractivity contribution is -0.161. The number of phosphoric acid groups is 2. The van der Waals surface area contributed by atoms with Crippen molar-refractivity contribution in [2.75, 3.05) is 39.6 Å². The van der Waals surface area contributed by atoms with Crippen LogP contribution >= 0.6 is 15.6 Å². The summed E-state index contributed by atoms with van der Waals surface area (Å²) in [6.45, 7) is 9.34. The van der Waals surface area contributed by atoms with Crippen LogP contribution in [0.5, 0.6) is 0 Å². The van der Waals surface area contributed by atoms with Crippen molar-refractivity contribution in [2.45, 2.75) is 330 Å². The Balaban J connectivity index is 5.22. The highest BCUT2D eigenvalue weighted by Gasteiger charge is 2.30. The summed E-state index contributed by atoms with van der Waals surface area (Å²) in [5, 5.41) is 10.5. The number of carbonyl (C=O) groups is 4. The van der Waals surface area contributed by atoms with Crippen LogP contribution in [0.1, 0.15) is 311 Å². The molecule has 0 aliphatic carbocycles. The van der Waals surface area contributed by atoms with Crippen LogP contribution in [0.4, 0.5) is 0 Å². The summed E-state index contributed by atoms with van der Waals surface area (Å²) in [6.07, 6.45) is 45.6. The molecule has 5 atom stereocenters. The lowest BCUT2D eigenvalue weighted by Crippen LogP contribution is -2.30. The Morgan fingerprint density at radius 1 is 0.360 bits per heavy atom. The van der Waals surface area contributed by atoms with Gasteiger partial charge in [0.15, 0.2) is 12.2 Å². The van der Waals surface area contributed by atoms with Crippen molar-refractivity contribution < 1.29 is 80.2 Å². The first-order chi connectivity index (χ1) is 41.4. The van der Waals surface area contributed by atoms with Crippen molar-refractivity contribution in [1.82, 2.24) is 0 Å². The van der Waals surface area contributed by atoms with E-state index in [-0.39, 0.29) is 25.7 Å². The molecule has 17 nitrogen and oxygen atoms in total. The number of ether oxygens (including phenoxy) is 4. The SMILES string of the molecule is CCCCCC/C=C\C=C/CCCCCCCC(=O)O[C@H](COC(=O)CCCCCCCCCCCCCC(C)C)COP(=O)(O)OC[C@@H](O)COP(=O)(O)OC[C@@H](COC(=O)CCCCCCC)OC(=O)CCCCCCCCCCCC(C)C. The monoisotopic (exact) mass is 1260 g/mol. The molecule has 0 amide bonds. The van der Waals surface area contributed by atoms with Gasteiger partial charge in [-0.25, -0.2) is 9.13 Å². The minimum atomic E-state index is -4.96. The van der Waals surface area contributed by atoms with Crippen LogP contribution in [0.15, 0.2) is 24.3 Å². The van der Waals surface area contributed by atoms with Gasteiger partial charge in [-0.1, -0.05) is 258 Å². The maximum absolute atomic E-state index is 13.0. The van der Waals surface area contributed by atoms with Gasteiger partial charge in [0, 0.05) is 25.7 Å². The Kier molecular flexibility index (Phi) is 57.2. The number of hydrogen-bond donors (Lipinski definition) is 3. The molecular formula is C67H126O17P2. The molecule has 0 spiro atoms. The minimum Gasteiger partial charge on any atom is -0.462 e. The maximum atomic E-state index is 13.0. The largest absolute Gasteiger partial charge is 0.472 e. The summed E-state index contributed by atoms with van der Waals surface area (Å²) in [4.78, 5) is 72.1. The van der Waals surface area contributed by atoms with E-state index in [9.17, 15) is 43.2 Å². The zero-order valence-electron chi connectivity index (χ0n) is 55.1. The molecule has 3 N–H and O–H groups in total. The Bertz CT molecular complexity index is 1780. The molecule has 0 aliphatic rings. The predicted octanol–water partition coefficient (Wildman–Crippen LogP) is 18.4. The molecule has 0 bridgehead atoms. The Hall–Kier alpha value is -2.46. The third kappa shape index (κ3) is 60.5. The molecule has 0 aromatic heterocycles. The zero-order valence-corrected chi connectivity index (χ0v) is 56.9. The first-order valence-electron chi connectivity index (χ1n) is 34.3. The third-order valence-corrected chi connectivity index (χ3v) is 16.7. The fourth-order valence-electron chi connectivity index (χ4n) is 9.52. The maximum Gasteiger partial charge on any atom is 0.472 e. The molecule has 0 aromatic rings. The Morgan fingerprint density at radius 2 is 0.628 bits per heavy atom. The number of phosphoric ester groups is 2. The number of aliphatic hydroxyl groups is 1. The molecule has 0 aliphatic heterocycles. The number of carbonyl (C=O) groups excluding carboxylic acids is 4. The summed E-state index contributed by atoms with van der Waals surface area (Å²) in [5.74, 6) is -0.667. The lowest BCUT2D eigenvalue weighted by atomic mass is 10.0. The molecule has 0 rings (SSSR count). The highest BCUT2D eigenvalue weighted by Crippen LogP contribution is 2.45. The predicted molar refractivity (Wildman–Crippen MR) is 344 cm³/mol. The fraction of sp³-hybridized carbons (Fsp3) is 0.881. The third-order valence-electron chi connectivity index (χ3n) is 14.8. The van der Waals surface area contributed by atoms with E-state index in [2.05, 4.69) is 65.8 Å². The number of rotatable bonds is 64. The molecule has 0 aromatic carbocycles. The number of hydrogen-bond acceptors (Lipinski definition) is 15. The smallest absolute Gasteiger partial charge is 0.462 e. The first kappa shape index (κ1) is 83.5. The molecule has 0 radical (unpaired) electrons. The van der Waals surface area contributed by atoms with Gasteiger partial charge in [0.1, 0.15) is 19.3 Å². The van der Waals surface area contributed by atoms with Crippen molar-refractivity contribution in [2.24, 2.45) is 11.8 Å². The van der Waals surface area contributed by atoms with Crippen molar-refractivity contribution in [3.63, 3.8) is 0 Å². The van der Waals surface area contributed by atoms with Gasteiger partial charge in [-0.15, -0.1) is 0 Å². The van der Waals surface area contributed by atoms with E-state index in [1.54, 1.807) is 0 Å². The number of esters is 4. The topological polar surface area (TPSA) is 237 Å². The van der Waals surface area contributed by atoms with Gasteiger partial charge >= 0.3 is 39.5 Å². The standard InChI is InChI=1S/C67H126O17P2/c1-7-9-11-13-14-15-16-17-18-19-22-28-33-39-45-51-66(71)84-63(56-78-65(70)50-44-38-32-27-23-20-21-25-30-36-41-47-59(3)4)58-82-86(75,76)80-54-61(68)53-79-85(73,74)81-57-62(55-77-64(69)49-43-35-12-10-8-2)83-67(72)52-46-40-34-29-24-26-31-37-42-48-60(5)6/h15-18,59-63,68H,7-14,19-58H2,1-6H3,(H,73,74)(H,75,76)/b16-15-,18-17-/t61-,62+,63+/m0/s1. The van der Waals surface area contributed by atoms with E-state index in [1.807, 2.05) is 0 Å². The normalized spacial score (nSPS) is 14.4. The van der Waals surface area contributed by atoms with Crippen molar-refractivity contribution in [3.05, 3.63) is 24.3 Å². The van der Waals surface area contributed by atoms with E-state index in [1.165, 1.54) is 109 Å². The average molecular weight is 1270 g/mol. The van der Waals surface area contributed by atoms with Crippen LogP contribution in [-0.4, -0.2) is 96.7 Å². The number of allylic oxidation sites excluding steroid dienone is 4. The van der Waals surface area contributed by atoms with Gasteiger partial charge in [0.05, 0.1) is 26.4 Å². The quantitative estimate of drug-likeness (QED) is 0.0169. The van der Waals surface area contributed by atoms with E-state index >= 15 is 0 Å². The minimum absolute atomic E-state index is 0.0846. The summed E-state index contributed by atoms with van der Waals surface area (Å²) in [7, 11) is -9.90. The summed E-state index contributed by atoms with van der Waals surface area (Å²) < 4.78 is 67.9. The first-order valence-corrected chi connectivity index (χ1v) is 37.3. The van der Waals surface area contributed by atoms with Crippen LogP contribution in [-0.2, 0) is 65.4 Å². The van der Waals surface area contributed by atoms with Crippen LogP contribution in [0, 0.1) is 11.8 Å². The highest BCUT2D eigenvalue weighted by molar-refractivity contribution is 7.47. The molecule has 506 valence electrons.